The van der Waals surface area contributed by atoms with Crippen molar-refractivity contribution in [3.63, 3.8) is 0 Å². The van der Waals surface area contributed by atoms with Crippen LogP contribution >= 0.6 is 0 Å². The molecular weight excluding hydrogens is 335 g/mol. The Morgan fingerprint density at radius 3 is 2.77 bits per heavy atom. The molecule has 0 radical (unpaired) electrons. The van der Waals surface area contributed by atoms with E-state index in [2.05, 4.69) is 32.3 Å². The minimum atomic E-state index is -0.267. The van der Waals surface area contributed by atoms with E-state index in [0.29, 0.717) is 28.9 Å². The fourth-order valence-corrected chi connectivity index (χ4v) is 3.36. The lowest BCUT2D eigenvalue weighted by atomic mass is 10.0. The third-order valence-corrected chi connectivity index (χ3v) is 5.09. The van der Waals surface area contributed by atoms with Gasteiger partial charge in [0.15, 0.2) is 0 Å². The van der Waals surface area contributed by atoms with Crippen LogP contribution in [0.3, 0.4) is 0 Å². The van der Waals surface area contributed by atoms with E-state index in [1.54, 1.807) is 25.3 Å². The summed E-state index contributed by atoms with van der Waals surface area (Å²) in [6.45, 7) is 5.62. The molecule has 8 heteroatoms. The molecule has 1 aliphatic heterocycles. The Hall–Kier alpha value is -2.61. The van der Waals surface area contributed by atoms with Crippen molar-refractivity contribution in [1.82, 2.24) is 30.0 Å². The molecule has 1 atom stereocenters. The van der Waals surface area contributed by atoms with Crippen LogP contribution in [0.25, 0.3) is 11.4 Å². The van der Waals surface area contributed by atoms with Crippen molar-refractivity contribution in [3.05, 3.63) is 47.9 Å². The maximum absolute atomic E-state index is 13.8. The number of aromatic nitrogens is 5. The van der Waals surface area contributed by atoms with Crippen molar-refractivity contribution in [3.8, 4) is 11.4 Å². The van der Waals surface area contributed by atoms with E-state index in [0.717, 1.165) is 25.9 Å². The number of aryl methyl sites for hydroxylation is 1. The first kappa shape index (κ1) is 16.8. The zero-order valence-corrected chi connectivity index (χ0v) is 14.8. The van der Waals surface area contributed by atoms with Crippen LogP contribution in [0.15, 0.2) is 35.1 Å². The standard InChI is InChI=1S/C18H21FN6O/c1-12-3-4-14(11-16(12)19)17-21-18(26-22-17)13(2)24-8-5-15(6-9-24)25-10-7-20-23-25/h3-4,7,10-11,13,15H,5-6,8-9H2,1-2H3/t13-/m1/s1. The van der Waals surface area contributed by atoms with Crippen LogP contribution in [0.1, 0.15) is 43.3 Å². The first-order valence-corrected chi connectivity index (χ1v) is 8.82. The van der Waals surface area contributed by atoms with Crippen LogP contribution in [0.2, 0.25) is 0 Å². The molecule has 1 fully saturated rings. The van der Waals surface area contributed by atoms with Gasteiger partial charge < -0.3 is 4.52 Å². The minimum Gasteiger partial charge on any atom is -0.337 e. The fourth-order valence-electron chi connectivity index (χ4n) is 3.36. The lowest BCUT2D eigenvalue weighted by molar-refractivity contribution is 0.118. The molecule has 4 rings (SSSR count). The van der Waals surface area contributed by atoms with Gasteiger partial charge in [-0.2, -0.15) is 4.98 Å². The van der Waals surface area contributed by atoms with Gasteiger partial charge >= 0.3 is 0 Å². The summed E-state index contributed by atoms with van der Waals surface area (Å²) in [5.74, 6) is 0.709. The molecule has 3 aromatic rings. The van der Waals surface area contributed by atoms with Gasteiger partial charge in [-0.25, -0.2) is 9.07 Å². The number of hydrogen-bond donors (Lipinski definition) is 0. The number of halogens is 1. The Morgan fingerprint density at radius 2 is 2.08 bits per heavy atom. The summed E-state index contributed by atoms with van der Waals surface area (Å²) in [4.78, 5) is 6.80. The van der Waals surface area contributed by atoms with Crippen molar-refractivity contribution in [2.75, 3.05) is 13.1 Å². The molecule has 7 nitrogen and oxygen atoms in total. The van der Waals surface area contributed by atoms with E-state index in [-0.39, 0.29) is 11.9 Å². The van der Waals surface area contributed by atoms with Gasteiger partial charge in [-0.3, -0.25) is 4.90 Å². The second kappa shape index (κ2) is 6.95. The third-order valence-electron chi connectivity index (χ3n) is 5.09. The summed E-state index contributed by atoms with van der Waals surface area (Å²) >= 11 is 0. The van der Waals surface area contributed by atoms with Gasteiger partial charge in [0.05, 0.1) is 18.3 Å². The number of nitrogens with zero attached hydrogens (tertiary/aromatic N) is 6. The predicted molar refractivity (Wildman–Crippen MR) is 92.7 cm³/mol. The number of hydrogen-bond acceptors (Lipinski definition) is 6. The molecule has 26 heavy (non-hydrogen) atoms. The zero-order valence-electron chi connectivity index (χ0n) is 14.8. The number of rotatable bonds is 4. The van der Waals surface area contributed by atoms with Gasteiger partial charge in [-0.15, -0.1) is 5.10 Å². The van der Waals surface area contributed by atoms with E-state index in [9.17, 15) is 4.39 Å². The highest BCUT2D eigenvalue weighted by Gasteiger charge is 2.28. The van der Waals surface area contributed by atoms with Gasteiger partial charge in [0, 0.05) is 24.8 Å². The van der Waals surface area contributed by atoms with Gasteiger partial charge in [0.25, 0.3) is 0 Å². The topological polar surface area (TPSA) is 72.9 Å². The number of likely N-dealkylation sites (tertiary alicyclic amines) is 1. The molecule has 1 aliphatic rings. The highest BCUT2D eigenvalue weighted by molar-refractivity contribution is 5.54. The van der Waals surface area contributed by atoms with Crippen molar-refractivity contribution in [1.29, 1.82) is 0 Å². The number of piperidine rings is 1. The minimum absolute atomic E-state index is 0.0169. The molecule has 2 aromatic heterocycles. The Kier molecular flexibility index (Phi) is 4.50. The zero-order chi connectivity index (χ0) is 18.1. The average molecular weight is 356 g/mol. The lowest BCUT2D eigenvalue weighted by Gasteiger charge is -2.34. The summed E-state index contributed by atoms with van der Waals surface area (Å²) in [5.41, 5.74) is 1.22. The highest BCUT2D eigenvalue weighted by atomic mass is 19.1. The van der Waals surface area contributed by atoms with Crippen molar-refractivity contribution < 1.29 is 8.91 Å². The summed E-state index contributed by atoms with van der Waals surface area (Å²) in [5, 5.41) is 12.0. The van der Waals surface area contributed by atoms with E-state index < -0.39 is 0 Å². The molecule has 0 aliphatic carbocycles. The van der Waals surface area contributed by atoms with Crippen LogP contribution in [-0.2, 0) is 0 Å². The fraction of sp³-hybridized carbons (Fsp3) is 0.444. The van der Waals surface area contributed by atoms with E-state index in [4.69, 9.17) is 4.52 Å². The van der Waals surface area contributed by atoms with E-state index in [1.807, 2.05) is 10.9 Å². The molecule has 0 saturated carbocycles. The second-order valence-corrected chi connectivity index (χ2v) is 6.75. The summed E-state index contributed by atoms with van der Waals surface area (Å²) < 4.78 is 21.1. The maximum Gasteiger partial charge on any atom is 0.244 e. The van der Waals surface area contributed by atoms with Crippen LogP contribution in [0.4, 0.5) is 4.39 Å². The van der Waals surface area contributed by atoms with E-state index in [1.165, 1.54) is 6.07 Å². The first-order valence-electron chi connectivity index (χ1n) is 8.82. The van der Waals surface area contributed by atoms with E-state index >= 15 is 0 Å². The Morgan fingerprint density at radius 1 is 1.27 bits per heavy atom. The molecular formula is C18H21FN6O. The van der Waals surface area contributed by atoms with Crippen LogP contribution in [0.5, 0.6) is 0 Å². The first-order chi connectivity index (χ1) is 12.6. The second-order valence-electron chi connectivity index (χ2n) is 6.75. The van der Waals surface area contributed by atoms with Gasteiger partial charge in [0.2, 0.25) is 11.7 Å². The molecule has 1 saturated heterocycles. The normalized spacial score (nSPS) is 17.5. The van der Waals surface area contributed by atoms with Gasteiger partial charge in [-0.05, 0) is 38.3 Å². The summed E-state index contributed by atoms with van der Waals surface area (Å²) in [7, 11) is 0. The molecule has 3 heterocycles. The van der Waals surface area contributed by atoms with Crippen LogP contribution in [-0.4, -0.2) is 43.1 Å². The summed E-state index contributed by atoms with van der Waals surface area (Å²) in [6.07, 6.45) is 5.62. The quantitative estimate of drug-likeness (QED) is 0.715. The average Bonchev–Trinajstić information content (AvgIpc) is 3.36. The highest BCUT2D eigenvalue weighted by Crippen LogP contribution is 2.29. The van der Waals surface area contributed by atoms with Crippen LogP contribution < -0.4 is 0 Å². The molecule has 1 aromatic carbocycles. The Balaban J connectivity index is 1.43. The van der Waals surface area contributed by atoms with Crippen molar-refractivity contribution >= 4 is 0 Å². The molecule has 0 amide bonds. The predicted octanol–water partition coefficient (Wildman–Crippen LogP) is 3.17. The molecule has 0 spiro atoms. The van der Waals surface area contributed by atoms with Crippen molar-refractivity contribution in [2.24, 2.45) is 0 Å². The monoisotopic (exact) mass is 356 g/mol. The smallest absolute Gasteiger partial charge is 0.244 e. The third kappa shape index (κ3) is 3.24. The molecule has 0 N–H and O–H groups in total. The Labute approximate surface area is 150 Å². The Bertz CT molecular complexity index is 870. The SMILES string of the molecule is Cc1ccc(-c2noc([C@@H](C)N3CCC(n4ccnn4)CC3)n2)cc1F. The lowest BCUT2D eigenvalue weighted by Crippen LogP contribution is -2.36. The van der Waals surface area contributed by atoms with Crippen molar-refractivity contribution in [2.45, 2.75) is 38.8 Å². The maximum atomic E-state index is 13.8. The van der Waals surface area contributed by atoms with Crippen LogP contribution in [0, 0.1) is 12.7 Å². The molecule has 0 bridgehead atoms. The molecule has 0 unspecified atom stereocenters. The summed E-state index contributed by atoms with van der Waals surface area (Å²) in [6, 6.07) is 5.37. The van der Waals surface area contributed by atoms with Gasteiger partial charge in [-0.1, -0.05) is 22.5 Å². The largest absolute Gasteiger partial charge is 0.337 e. The molecule has 136 valence electrons. The number of benzene rings is 1. The van der Waals surface area contributed by atoms with Gasteiger partial charge in [0.1, 0.15) is 5.82 Å².